The Morgan fingerprint density at radius 3 is 2.74 bits per heavy atom. The summed E-state index contributed by atoms with van der Waals surface area (Å²) >= 11 is 0. The smallest absolute Gasteiger partial charge is 0.269 e. The Hall–Kier alpha value is -3.18. The van der Waals surface area contributed by atoms with Gasteiger partial charge >= 0.3 is 0 Å². The first-order valence-corrected chi connectivity index (χ1v) is 10.4. The zero-order valence-corrected chi connectivity index (χ0v) is 18.3. The lowest BCUT2D eigenvalue weighted by molar-refractivity contribution is -0.131. The van der Waals surface area contributed by atoms with Crippen molar-refractivity contribution in [3.05, 3.63) is 40.8 Å². The van der Waals surface area contributed by atoms with Gasteiger partial charge in [0.2, 0.25) is 5.91 Å². The van der Waals surface area contributed by atoms with Crippen LogP contribution >= 0.6 is 0 Å². The minimum atomic E-state index is -0.692. The average molecular weight is 422 g/mol. The molecule has 0 radical (unpaired) electrons. The van der Waals surface area contributed by atoms with E-state index in [0.717, 1.165) is 5.69 Å². The van der Waals surface area contributed by atoms with E-state index < -0.39 is 17.4 Å². The first kappa shape index (κ1) is 21.1. The molecule has 8 nitrogen and oxygen atoms in total. The summed E-state index contributed by atoms with van der Waals surface area (Å²) in [5.74, 6) is 6.16. The molecular formula is C23H27N5O3. The third-order valence-corrected chi connectivity index (χ3v) is 6.46. The van der Waals surface area contributed by atoms with Gasteiger partial charge in [0, 0.05) is 37.3 Å². The van der Waals surface area contributed by atoms with E-state index in [0.29, 0.717) is 42.8 Å². The number of fused-ring (bicyclic) bond motifs is 1. The van der Waals surface area contributed by atoms with Crippen molar-refractivity contribution < 1.29 is 14.7 Å². The molecule has 4 rings (SSSR count). The van der Waals surface area contributed by atoms with Gasteiger partial charge in [-0.1, -0.05) is 25.7 Å². The predicted molar refractivity (Wildman–Crippen MR) is 114 cm³/mol. The van der Waals surface area contributed by atoms with Gasteiger partial charge in [0.25, 0.3) is 5.91 Å². The van der Waals surface area contributed by atoms with E-state index in [9.17, 15) is 14.7 Å². The summed E-state index contributed by atoms with van der Waals surface area (Å²) in [4.78, 5) is 30.5. The van der Waals surface area contributed by atoms with Gasteiger partial charge in [0.05, 0.1) is 11.8 Å². The number of hydrogen-bond acceptors (Lipinski definition) is 5. The molecule has 1 fully saturated rings. The van der Waals surface area contributed by atoms with Crippen LogP contribution in [0.5, 0.6) is 0 Å². The van der Waals surface area contributed by atoms with Crippen molar-refractivity contribution in [1.29, 1.82) is 0 Å². The van der Waals surface area contributed by atoms with E-state index in [2.05, 4.69) is 21.9 Å². The molecule has 162 valence electrons. The molecule has 8 heteroatoms. The van der Waals surface area contributed by atoms with Crippen molar-refractivity contribution in [2.75, 3.05) is 13.6 Å². The van der Waals surface area contributed by atoms with Crippen LogP contribution in [0.3, 0.4) is 0 Å². The Balaban J connectivity index is 1.75. The lowest BCUT2D eigenvalue weighted by Crippen LogP contribution is -2.38. The number of carbonyl (C=O) groups excluding carboxylic acids is 2. The standard InChI is InChI=1S/C23H27N5O3/c1-22(2)13-16-15(12-17(22)29)19(20(24)30)26-28(16)18-11-14(6-9-25-18)5-7-23(3)8-10-27(4)21(23)31/h6,9,11,17,29H,8,10,12-13H2,1-4H3,(H2,24,30)/t17-,23-/m1/s1. The lowest BCUT2D eigenvalue weighted by atomic mass is 9.74. The first-order valence-electron chi connectivity index (χ1n) is 10.4. The van der Waals surface area contributed by atoms with Gasteiger partial charge in [0.15, 0.2) is 11.5 Å². The van der Waals surface area contributed by atoms with Gasteiger partial charge in [-0.05, 0) is 37.3 Å². The van der Waals surface area contributed by atoms with Crippen LogP contribution in [-0.4, -0.2) is 56.3 Å². The number of primary amides is 1. The second kappa shape index (κ2) is 7.20. The number of aromatic nitrogens is 3. The topological polar surface area (TPSA) is 114 Å². The molecule has 0 saturated carbocycles. The van der Waals surface area contributed by atoms with E-state index in [1.165, 1.54) is 0 Å². The third kappa shape index (κ3) is 3.59. The number of nitrogens with two attached hydrogens (primary N) is 1. The Kier molecular flexibility index (Phi) is 4.90. The van der Waals surface area contributed by atoms with Crippen molar-refractivity contribution in [2.24, 2.45) is 16.6 Å². The molecule has 2 atom stereocenters. The number of hydrogen-bond donors (Lipinski definition) is 2. The number of aliphatic hydroxyl groups is 1. The summed E-state index contributed by atoms with van der Waals surface area (Å²) in [6, 6.07) is 3.57. The number of pyridine rings is 1. The van der Waals surface area contributed by atoms with E-state index in [1.807, 2.05) is 20.8 Å². The maximum atomic E-state index is 12.4. The monoisotopic (exact) mass is 421 g/mol. The second-order valence-electron chi connectivity index (χ2n) is 9.40. The van der Waals surface area contributed by atoms with Crippen LogP contribution in [0.15, 0.2) is 18.3 Å². The molecule has 3 N–H and O–H groups in total. The largest absolute Gasteiger partial charge is 0.392 e. The van der Waals surface area contributed by atoms with Gasteiger partial charge < -0.3 is 15.7 Å². The highest BCUT2D eigenvalue weighted by molar-refractivity contribution is 5.92. The quantitative estimate of drug-likeness (QED) is 0.704. The van der Waals surface area contributed by atoms with Crippen LogP contribution in [0.4, 0.5) is 0 Å². The Morgan fingerprint density at radius 1 is 1.35 bits per heavy atom. The predicted octanol–water partition coefficient (Wildman–Crippen LogP) is 1.07. The number of aliphatic hydroxyl groups excluding tert-OH is 1. The maximum Gasteiger partial charge on any atom is 0.269 e. The van der Waals surface area contributed by atoms with Crippen molar-refractivity contribution in [3.63, 3.8) is 0 Å². The van der Waals surface area contributed by atoms with Crippen molar-refractivity contribution >= 4 is 11.8 Å². The zero-order valence-electron chi connectivity index (χ0n) is 18.3. The van der Waals surface area contributed by atoms with E-state index in [1.54, 1.807) is 35.0 Å². The second-order valence-corrected chi connectivity index (χ2v) is 9.40. The molecule has 2 aromatic rings. The highest BCUT2D eigenvalue weighted by Gasteiger charge is 2.40. The Labute approximate surface area is 181 Å². The molecular weight excluding hydrogens is 394 g/mol. The van der Waals surface area contributed by atoms with Gasteiger partial charge in [-0.2, -0.15) is 5.10 Å². The van der Waals surface area contributed by atoms with Crippen molar-refractivity contribution in [3.8, 4) is 17.7 Å². The van der Waals surface area contributed by atoms with Crippen LogP contribution in [0.1, 0.15) is 54.5 Å². The van der Waals surface area contributed by atoms with Crippen LogP contribution in [0.2, 0.25) is 0 Å². The van der Waals surface area contributed by atoms with E-state index in [4.69, 9.17) is 5.73 Å². The molecule has 0 bridgehead atoms. The maximum absolute atomic E-state index is 12.4. The number of likely N-dealkylation sites (tertiary alicyclic amines) is 1. The summed E-state index contributed by atoms with van der Waals surface area (Å²) < 4.78 is 1.63. The molecule has 1 aliphatic carbocycles. The van der Waals surface area contributed by atoms with E-state index >= 15 is 0 Å². The molecule has 2 amide bonds. The third-order valence-electron chi connectivity index (χ3n) is 6.46. The number of amides is 2. The SMILES string of the molecule is CN1CC[C@@](C)(C#Cc2ccnc(-n3nc(C(N)=O)c4c3CC(C)(C)[C@H](O)C4)c2)C1=O. The van der Waals surface area contributed by atoms with E-state index in [-0.39, 0.29) is 17.0 Å². The summed E-state index contributed by atoms with van der Waals surface area (Å²) in [7, 11) is 1.79. The van der Waals surface area contributed by atoms with Gasteiger partial charge in [-0.3, -0.25) is 9.59 Å². The minimum Gasteiger partial charge on any atom is -0.392 e. The molecule has 0 spiro atoms. The van der Waals surface area contributed by atoms with Crippen LogP contribution in [0, 0.1) is 22.7 Å². The molecule has 2 aliphatic rings. The zero-order chi connectivity index (χ0) is 22.6. The fraction of sp³-hybridized carbons (Fsp3) is 0.478. The summed E-state index contributed by atoms with van der Waals surface area (Å²) in [6.45, 7) is 6.52. The number of rotatable bonds is 2. The minimum absolute atomic E-state index is 0.0299. The Bertz CT molecular complexity index is 1140. The van der Waals surface area contributed by atoms with Crippen LogP contribution in [-0.2, 0) is 17.6 Å². The number of carbonyl (C=O) groups is 2. The van der Waals surface area contributed by atoms with Crippen molar-refractivity contribution in [2.45, 2.75) is 46.1 Å². The first-order chi connectivity index (χ1) is 14.5. The lowest BCUT2D eigenvalue weighted by Gasteiger charge is -2.35. The van der Waals surface area contributed by atoms with Gasteiger partial charge in [-0.15, -0.1) is 0 Å². The molecule has 1 saturated heterocycles. The normalized spacial score (nSPS) is 24.5. The summed E-state index contributed by atoms with van der Waals surface area (Å²) in [5, 5.41) is 14.9. The van der Waals surface area contributed by atoms with Gasteiger partial charge in [0.1, 0.15) is 5.41 Å². The van der Waals surface area contributed by atoms with Crippen molar-refractivity contribution in [1.82, 2.24) is 19.7 Å². The molecule has 0 unspecified atom stereocenters. The fourth-order valence-electron chi connectivity index (χ4n) is 4.25. The summed E-state index contributed by atoms with van der Waals surface area (Å²) in [5.41, 5.74) is 6.84. The summed E-state index contributed by atoms with van der Waals surface area (Å²) in [6.07, 6.45) is 2.57. The molecule has 1 aliphatic heterocycles. The van der Waals surface area contributed by atoms with Crippen LogP contribution in [0.25, 0.3) is 5.82 Å². The average Bonchev–Trinajstić information content (AvgIpc) is 3.20. The molecule has 31 heavy (non-hydrogen) atoms. The fourth-order valence-corrected chi connectivity index (χ4v) is 4.25. The van der Waals surface area contributed by atoms with Crippen LogP contribution < -0.4 is 5.73 Å². The van der Waals surface area contributed by atoms with Gasteiger partial charge in [-0.25, -0.2) is 9.67 Å². The molecule has 3 heterocycles. The highest BCUT2D eigenvalue weighted by atomic mass is 16.3. The molecule has 0 aromatic carbocycles. The number of nitrogens with zero attached hydrogens (tertiary/aromatic N) is 4. The Morgan fingerprint density at radius 2 is 2.10 bits per heavy atom. The molecule has 2 aromatic heterocycles. The highest BCUT2D eigenvalue weighted by Crippen LogP contribution is 2.37.